The van der Waals surface area contributed by atoms with Crippen LogP contribution in [0.3, 0.4) is 0 Å². The molecule has 2 aliphatic rings. The smallest absolute Gasteiger partial charge is 0.0201 e. The molecule has 0 unspecified atom stereocenters. The molecule has 0 radical (unpaired) electrons. The van der Waals surface area contributed by atoms with E-state index in [4.69, 9.17) is 0 Å². The standard InChI is InChI=1S/C11H21IN2/c1-10(2)13-6-3-11(4-7-13)5-8-14(12)9-11/h10H,3-9H2,1-2H3. The van der Waals surface area contributed by atoms with E-state index in [1.165, 1.54) is 45.4 Å². The van der Waals surface area contributed by atoms with E-state index in [0.717, 1.165) is 6.04 Å². The number of piperidine rings is 1. The normalized spacial score (nSPS) is 29.1. The monoisotopic (exact) mass is 308 g/mol. The molecule has 2 rings (SSSR count). The van der Waals surface area contributed by atoms with Crippen LogP contribution in [0.15, 0.2) is 0 Å². The van der Waals surface area contributed by atoms with E-state index in [1.807, 2.05) is 0 Å². The third kappa shape index (κ3) is 2.25. The summed E-state index contributed by atoms with van der Waals surface area (Å²) in [6, 6.07) is 0.740. The Balaban J connectivity index is 1.89. The minimum absolute atomic E-state index is 0.687. The van der Waals surface area contributed by atoms with Crippen LogP contribution in [0.2, 0.25) is 0 Å². The first-order valence-electron chi connectivity index (χ1n) is 5.76. The molecule has 0 amide bonds. The zero-order chi connectivity index (χ0) is 10.2. The molecular weight excluding hydrogens is 287 g/mol. The Morgan fingerprint density at radius 3 is 2.07 bits per heavy atom. The lowest BCUT2D eigenvalue weighted by Gasteiger charge is -2.40. The predicted molar refractivity (Wildman–Crippen MR) is 68.6 cm³/mol. The first-order chi connectivity index (χ1) is 6.61. The van der Waals surface area contributed by atoms with Gasteiger partial charge in [-0.1, -0.05) is 0 Å². The van der Waals surface area contributed by atoms with Crippen LogP contribution in [-0.4, -0.2) is 40.2 Å². The second kappa shape index (κ2) is 4.26. The Bertz CT molecular complexity index is 197. The van der Waals surface area contributed by atoms with Crippen molar-refractivity contribution in [1.82, 2.24) is 8.01 Å². The molecule has 0 saturated carbocycles. The maximum absolute atomic E-state index is 2.63. The van der Waals surface area contributed by atoms with Crippen LogP contribution < -0.4 is 0 Å². The fourth-order valence-corrected chi connectivity index (χ4v) is 3.77. The zero-order valence-electron chi connectivity index (χ0n) is 9.30. The number of rotatable bonds is 1. The molecule has 2 heterocycles. The van der Waals surface area contributed by atoms with Gasteiger partial charge >= 0.3 is 0 Å². The molecule has 0 aromatic heterocycles. The topological polar surface area (TPSA) is 6.48 Å². The summed E-state index contributed by atoms with van der Waals surface area (Å²) in [7, 11) is 0. The fraction of sp³-hybridized carbons (Fsp3) is 1.00. The average Bonchev–Trinajstić information content (AvgIpc) is 2.48. The van der Waals surface area contributed by atoms with E-state index in [9.17, 15) is 0 Å². The van der Waals surface area contributed by atoms with Gasteiger partial charge in [0.1, 0.15) is 0 Å². The van der Waals surface area contributed by atoms with Gasteiger partial charge in [-0.05, 0) is 51.6 Å². The summed E-state index contributed by atoms with van der Waals surface area (Å²) in [5.74, 6) is 0. The summed E-state index contributed by atoms with van der Waals surface area (Å²) in [4.78, 5) is 2.63. The summed E-state index contributed by atoms with van der Waals surface area (Å²) in [6.07, 6.45) is 4.28. The number of likely N-dealkylation sites (tertiary alicyclic amines) is 1. The molecule has 82 valence electrons. The average molecular weight is 308 g/mol. The third-order valence-corrected chi connectivity index (χ3v) is 4.80. The lowest BCUT2D eigenvalue weighted by atomic mass is 9.77. The fourth-order valence-electron chi connectivity index (χ4n) is 2.80. The van der Waals surface area contributed by atoms with Crippen molar-refractivity contribution < 1.29 is 0 Å². The molecule has 0 aromatic rings. The lowest BCUT2D eigenvalue weighted by Crippen LogP contribution is -2.43. The summed E-state index contributed by atoms with van der Waals surface area (Å²) >= 11 is 2.48. The second-order valence-corrected chi connectivity index (χ2v) is 6.59. The highest BCUT2D eigenvalue weighted by Gasteiger charge is 2.40. The Labute approximate surface area is 102 Å². The van der Waals surface area contributed by atoms with Gasteiger partial charge in [-0.25, -0.2) is 3.11 Å². The van der Waals surface area contributed by atoms with Gasteiger partial charge in [0.15, 0.2) is 0 Å². The highest BCUT2D eigenvalue weighted by molar-refractivity contribution is 14.1. The molecule has 14 heavy (non-hydrogen) atoms. The number of hydrogen-bond donors (Lipinski definition) is 0. The number of hydrogen-bond acceptors (Lipinski definition) is 2. The van der Waals surface area contributed by atoms with Gasteiger partial charge in [-0.15, -0.1) is 0 Å². The van der Waals surface area contributed by atoms with Gasteiger partial charge in [0.25, 0.3) is 0 Å². The van der Waals surface area contributed by atoms with Crippen LogP contribution in [0.25, 0.3) is 0 Å². The molecule has 0 bridgehead atoms. The maximum atomic E-state index is 2.63. The van der Waals surface area contributed by atoms with Gasteiger partial charge in [0, 0.05) is 42.0 Å². The van der Waals surface area contributed by atoms with E-state index in [2.05, 4.69) is 44.7 Å². The molecule has 1 spiro atoms. The molecule has 2 fully saturated rings. The lowest BCUT2D eigenvalue weighted by molar-refractivity contribution is 0.0933. The van der Waals surface area contributed by atoms with Crippen molar-refractivity contribution in [1.29, 1.82) is 0 Å². The van der Waals surface area contributed by atoms with E-state index in [1.54, 1.807) is 0 Å². The van der Waals surface area contributed by atoms with Crippen LogP contribution in [0.1, 0.15) is 33.1 Å². The van der Waals surface area contributed by atoms with Crippen molar-refractivity contribution in [2.45, 2.75) is 39.2 Å². The molecule has 2 saturated heterocycles. The summed E-state index contributed by atoms with van der Waals surface area (Å²) in [5, 5.41) is 0. The largest absolute Gasteiger partial charge is 0.301 e. The van der Waals surface area contributed by atoms with Crippen molar-refractivity contribution in [3.05, 3.63) is 0 Å². The summed E-state index contributed by atoms with van der Waals surface area (Å²) in [5.41, 5.74) is 0.687. The van der Waals surface area contributed by atoms with E-state index in [0.29, 0.717) is 5.41 Å². The van der Waals surface area contributed by atoms with Crippen molar-refractivity contribution in [2.24, 2.45) is 5.41 Å². The Hall–Kier alpha value is 0.650. The predicted octanol–water partition coefficient (Wildman–Crippen LogP) is 2.53. The minimum Gasteiger partial charge on any atom is -0.301 e. The van der Waals surface area contributed by atoms with Gasteiger partial charge < -0.3 is 4.90 Å². The van der Waals surface area contributed by atoms with Crippen LogP contribution in [0, 0.1) is 5.41 Å². The number of halogens is 1. The zero-order valence-corrected chi connectivity index (χ0v) is 11.5. The van der Waals surface area contributed by atoms with Gasteiger partial charge in [-0.2, -0.15) is 0 Å². The third-order valence-electron chi connectivity index (χ3n) is 3.98. The SMILES string of the molecule is CC(C)N1CCC2(CCN(I)C2)CC1. The van der Waals surface area contributed by atoms with Gasteiger partial charge in [-0.3, -0.25) is 0 Å². The van der Waals surface area contributed by atoms with E-state index >= 15 is 0 Å². The van der Waals surface area contributed by atoms with Gasteiger partial charge in [0.05, 0.1) is 0 Å². The maximum Gasteiger partial charge on any atom is 0.0201 e. The second-order valence-electron chi connectivity index (χ2n) is 5.22. The Morgan fingerprint density at radius 1 is 1.07 bits per heavy atom. The molecule has 2 aliphatic heterocycles. The van der Waals surface area contributed by atoms with Crippen LogP contribution in [0.4, 0.5) is 0 Å². The highest BCUT2D eigenvalue weighted by atomic mass is 127. The summed E-state index contributed by atoms with van der Waals surface area (Å²) < 4.78 is 2.47. The van der Waals surface area contributed by atoms with Crippen molar-refractivity contribution in [2.75, 3.05) is 26.2 Å². The molecule has 0 atom stereocenters. The van der Waals surface area contributed by atoms with Crippen molar-refractivity contribution in [3.63, 3.8) is 0 Å². The molecule has 3 heteroatoms. The highest BCUT2D eigenvalue weighted by Crippen LogP contribution is 2.41. The van der Waals surface area contributed by atoms with E-state index < -0.39 is 0 Å². The van der Waals surface area contributed by atoms with Crippen LogP contribution >= 0.6 is 22.9 Å². The van der Waals surface area contributed by atoms with Crippen molar-refractivity contribution >= 4 is 22.9 Å². The Morgan fingerprint density at radius 2 is 1.64 bits per heavy atom. The van der Waals surface area contributed by atoms with E-state index in [-0.39, 0.29) is 0 Å². The summed E-state index contributed by atoms with van der Waals surface area (Å²) in [6.45, 7) is 9.92. The molecule has 2 nitrogen and oxygen atoms in total. The Kier molecular flexibility index (Phi) is 3.39. The first-order valence-corrected chi connectivity index (χ1v) is 6.73. The molecular formula is C11H21IN2. The van der Waals surface area contributed by atoms with Crippen molar-refractivity contribution in [3.8, 4) is 0 Å². The molecule has 0 aromatic carbocycles. The first kappa shape index (κ1) is 11.1. The molecule has 0 aliphatic carbocycles. The van der Waals surface area contributed by atoms with Gasteiger partial charge in [0.2, 0.25) is 0 Å². The number of nitrogens with zero attached hydrogens (tertiary/aromatic N) is 2. The minimum atomic E-state index is 0.687. The quantitative estimate of drug-likeness (QED) is 0.542. The van der Waals surface area contributed by atoms with Crippen LogP contribution in [-0.2, 0) is 0 Å². The molecule has 0 N–H and O–H groups in total. The van der Waals surface area contributed by atoms with Crippen LogP contribution in [0.5, 0.6) is 0 Å².